The summed E-state index contributed by atoms with van der Waals surface area (Å²) in [6, 6.07) is 13.0. The number of nitrogens with two attached hydrogens (primary N) is 1. The van der Waals surface area contributed by atoms with Crippen LogP contribution in [0.1, 0.15) is 10.4 Å². The van der Waals surface area contributed by atoms with Crippen molar-refractivity contribution in [2.75, 3.05) is 5.73 Å². The van der Waals surface area contributed by atoms with E-state index >= 15 is 0 Å². The van der Waals surface area contributed by atoms with Gasteiger partial charge >= 0.3 is 0 Å². The van der Waals surface area contributed by atoms with Crippen LogP contribution in [0.2, 0.25) is 0 Å². The number of thiol groups is 2. The molecule has 0 saturated carbocycles. The molecule has 4 heteroatoms. The van der Waals surface area contributed by atoms with Crippen LogP contribution in [-0.4, -0.2) is 5.12 Å². The lowest BCUT2D eigenvalue weighted by Crippen LogP contribution is -1.97. The molecular weight excluding hydrogens is 250 g/mol. The molecule has 0 saturated heterocycles. The van der Waals surface area contributed by atoms with Gasteiger partial charge in [-0.15, -0.1) is 25.3 Å². The van der Waals surface area contributed by atoms with E-state index in [1.54, 1.807) is 12.1 Å². The molecule has 0 atom stereocenters. The minimum absolute atomic E-state index is 0.313. The third kappa shape index (κ3) is 2.48. The third-order valence-electron chi connectivity index (χ3n) is 2.46. The molecule has 0 heterocycles. The average Bonchev–Trinajstić information content (AvgIpc) is 2.29. The first-order valence-corrected chi connectivity index (χ1v) is 5.90. The maximum atomic E-state index is 11.2. The number of anilines is 1. The molecule has 0 aliphatic rings. The monoisotopic (exact) mass is 261 g/mol. The molecule has 0 radical (unpaired) electrons. The second-order valence-electron chi connectivity index (χ2n) is 3.63. The molecule has 17 heavy (non-hydrogen) atoms. The Labute approximate surface area is 111 Å². The third-order valence-corrected chi connectivity index (χ3v) is 3.07. The number of hydrogen-bond donors (Lipinski definition) is 3. The van der Waals surface area contributed by atoms with Gasteiger partial charge in [0.05, 0.1) is 0 Å². The smallest absolute Gasteiger partial charge is 0.216 e. The Hall–Kier alpha value is -1.39. The topological polar surface area (TPSA) is 43.1 Å². The van der Waals surface area contributed by atoms with Crippen molar-refractivity contribution in [2.24, 2.45) is 0 Å². The summed E-state index contributed by atoms with van der Waals surface area (Å²) < 4.78 is 0. The summed E-state index contributed by atoms with van der Waals surface area (Å²) in [5, 5.41) is -0.313. The lowest BCUT2D eigenvalue weighted by atomic mass is 10.0. The first-order chi connectivity index (χ1) is 8.09. The Kier molecular flexibility index (Phi) is 3.45. The average molecular weight is 261 g/mol. The lowest BCUT2D eigenvalue weighted by Gasteiger charge is -2.10. The van der Waals surface area contributed by atoms with Gasteiger partial charge in [0, 0.05) is 21.7 Å². The van der Waals surface area contributed by atoms with Crippen molar-refractivity contribution in [3.05, 3.63) is 48.0 Å². The predicted molar refractivity (Wildman–Crippen MR) is 76.9 cm³/mol. The molecular formula is C13H11NOS2. The molecule has 0 aromatic heterocycles. The zero-order chi connectivity index (χ0) is 12.4. The maximum Gasteiger partial charge on any atom is 0.216 e. The summed E-state index contributed by atoms with van der Waals surface area (Å²) in [6.45, 7) is 0. The van der Waals surface area contributed by atoms with Crippen LogP contribution in [0.3, 0.4) is 0 Å². The van der Waals surface area contributed by atoms with Gasteiger partial charge in [-0.1, -0.05) is 30.3 Å². The van der Waals surface area contributed by atoms with Crippen LogP contribution in [0.5, 0.6) is 0 Å². The van der Waals surface area contributed by atoms with Crippen molar-refractivity contribution >= 4 is 36.1 Å². The van der Waals surface area contributed by atoms with E-state index in [1.807, 2.05) is 30.3 Å². The van der Waals surface area contributed by atoms with Gasteiger partial charge < -0.3 is 5.73 Å². The van der Waals surface area contributed by atoms with E-state index in [0.29, 0.717) is 16.1 Å². The van der Waals surface area contributed by atoms with Crippen LogP contribution < -0.4 is 5.73 Å². The van der Waals surface area contributed by atoms with E-state index in [9.17, 15) is 4.79 Å². The van der Waals surface area contributed by atoms with Gasteiger partial charge in [0.1, 0.15) is 0 Å². The summed E-state index contributed by atoms with van der Waals surface area (Å²) in [7, 11) is 0. The molecule has 0 amide bonds. The van der Waals surface area contributed by atoms with Crippen molar-refractivity contribution in [1.29, 1.82) is 0 Å². The minimum Gasteiger partial charge on any atom is -0.398 e. The normalized spacial score (nSPS) is 10.2. The zero-order valence-electron chi connectivity index (χ0n) is 8.92. The highest BCUT2D eigenvalue weighted by atomic mass is 32.1. The molecule has 2 rings (SSSR count). The molecule has 0 aliphatic heterocycles. The fraction of sp³-hybridized carbons (Fsp3) is 0. The van der Waals surface area contributed by atoms with Gasteiger partial charge in [-0.3, -0.25) is 4.79 Å². The van der Waals surface area contributed by atoms with E-state index in [4.69, 9.17) is 5.73 Å². The Balaban J connectivity index is 2.61. The fourth-order valence-corrected chi connectivity index (χ4v) is 2.22. The van der Waals surface area contributed by atoms with Gasteiger partial charge in [0.2, 0.25) is 5.12 Å². The number of rotatable bonds is 2. The Bertz CT molecular complexity index is 544. The minimum atomic E-state index is -0.313. The van der Waals surface area contributed by atoms with E-state index in [1.165, 1.54) is 0 Å². The molecule has 0 bridgehead atoms. The molecule has 86 valence electrons. The molecule has 2 aromatic rings. The van der Waals surface area contributed by atoms with E-state index in [0.717, 1.165) is 11.1 Å². The van der Waals surface area contributed by atoms with Crippen LogP contribution in [0, 0.1) is 0 Å². The van der Waals surface area contributed by atoms with Crippen molar-refractivity contribution < 1.29 is 4.79 Å². The van der Waals surface area contributed by atoms with Gasteiger partial charge in [-0.2, -0.15) is 0 Å². The highest BCUT2D eigenvalue weighted by molar-refractivity contribution is 7.97. The molecule has 0 fully saturated rings. The van der Waals surface area contributed by atoms with Crippen molar-refractivity contribution in [3.63, 3.8) is 0 Å². The Morgan fingerprint density at radius 1 is 1.12 bits per heavy atom. The number of carbonyl (C=O) groups excluding carboxylic acids is 1. The van der Waals surface area contributed by atoms with E-state index in [-0.39, 0.29) is 5.12 Å². The SMILES string of the molecule is Nc1cc(C(=O)S)cc(S)c1-c1ccccc1. The molecule has 2 nitrogen and oxygen atoms in total. The van der Waals surface area contributed by atoms with Crippen LogP contribution in [0.25, 0.3) is 11.1 Å². The van der Waals surface area contributed by atoms with Crippen molar-refractivity contribution in [2.45, 2.75) is 4.90 Å². The van der Waals surface area contributed by atoms with Gasteiger partial charge in [-0.05, 0) is 17.7 Å². The number of benzene rings is 2. The standard InChI is InChI=1S/C13H11NOS2/c14-10-6-9(13(15)17)7-11(16)12(10)8-4-2-1-3-5-8/h1-7,16H,14H2,(H,15,17). The molecule has 2 aromatic carbocycles. The zero-order valence-corrected chi connectivity index (χ0v) is 10.7. The lowest BCUT2D eigenvalue weighted by molar-refractivity contribution is 0.109. The quantitative estimate of drug-likeness (QED) is 0.573. The molecule has 2 N–H and O–H groups in total. The molecule has 0 unspecified atom stereocenters. The summed E-state index contributed by atoms with van der Waals surface area (Å²) >= 11 is 8.15. The van der Waals surface area contributed by atoms with Crippen LogP contribution >= 0.6 is 25.3 Å². The number of carbonyl (C=O) groups is 1. The summed E-state index contributed by atoms with van der Waals surface area (Å²) in [5.41, 5.74) is 8.76. The highest BCUT2D eigenvalue weighted by Gasteiger charge is 2.10. The van der Waals surface area contributed by atoms with Crippen molar-refractivity contribution in [1.82, 2.24) is 0 Å². The van der Waals surface area contributed by atoms with Gasteiger partial charge in [-0.25, -0.2) is 0 Å². The second-order valence-corrected chi connectivity index (χ2v) is 4.52. The largest absolute Gasteiger partial charge is 0.398 e. The highest BCUT2D eigenvalue weighted by Crippen LogP contribution is 2.33. The summed E-state index contributed by atoms with van der Waals surface area (Å²) in [4.78, 5) is 11.8. The fourth-order valence-electron chi connectivity index (χ4n) is 1.69. The number of nitrogen functional groups attached to an aromatic ring is 1. The summed E-state index contributed by atoms with van der Waals surface area (Å²) in [5.74, 6) is 0. The first kappa shape index (κ1) is 12.1. The van der Waals surface area contributed by atoms with Crippen LogP contribution in [0.4, 0.5) is 5.69 Å². The van der Waals surface area contributed by atoms with Crippen LogP contribution in [-0.2, 0) is 0 Å². The first-order valence-electron chi connectivity index (χ1n) is 5.01. The Morgan fingerprint density at radius 2 is 1.76 bits per heavy atom. The van der Waals surface area contributed by atoms with Gasteiger partial charge in [0.25, 0.3) is 0 Å². The van der Waals surface area contributed by atoms with Crippen molar-refractivity contribution in [3.8, 4) is 11.1 Å². The maximum absolute atomic E-state index is 11.2. The molecule has 0 spiro atoms. The summed E-state index contributed by atoms with van der Waals surface area (Å²) in [6.07, 6.45) is 0. The van der Waals surface area contributed by atoms with E-state index < -0.39 is 0 Å². The Morgan fingerprint density at radius 3 is 2.29 bits per heavy atom. The molecule has 0 aliphatic carbocycles. The van der Waals surface area contributed by atoms with Crippen LogP contribution in [0.15, 0.2) is 47.4 Å². The predicted octanol–water partition coefficient (Wildman–Crippen LogP) is 3.29. The number of hydrogen-bond acceptors (Lipinski definition) is 3. The van der Waals surface area contributed by atoms with E-state index in [2.05, 4.69) is 25.3 Å². The second kappa shape index (κ2) is 4.85. The van der Waals surface area contributed by atoms with Gasteiger partial charge in [0.15, 0.2) is 0 Å².